The predicted molar refractivity (Wildman–Crippen MR) is 52.3 cm³/mol. The van der Waals surface area contributed by atoms with Crippen LogP contribution in [0.25, 0.3) is 0 Å². The fraction of sp³-hybridized carbons (Fsp3) is 0.625. The molecular weight excluding hydrogens is 202 g/mol. The molecule has 1 aromatic rings. The van der Waals surface area contributed by atoms with E-state index in [1.54, 1.807) is 5.51 Å². The largest absolute Gasteiger partial charge is 0.481 e. The third-order valence-electron chi connectivity index (χ3n) is 2.50. The van der Waals surface area contributed by atoms with E-state index in [0.29, 0.717) is 5.13 Å². The molecule has 0 radical (unpaired) electrons. The molecule has 1 aromatic heterocycles. The van der Waals surface area contributed by atoms with Crippen molar-refractivity contribution in [1.29, 1.82) is 0 Å². The summed E-state index contributed by atoms with van der Waals surface area (Å²) in [7, 11) is 0. The topological polar surface area (TPSA) is 75.1 Å². The molecule has 0 aromatic carbocycles. The molecule has 0 spiro atoms. The zero-order chi connectivity index (χ0) is 9.97. The van der Waals surface area contributed by atoms with Gasteiger partial charge in [-0.15, -0.1) is 10.2 Å². The number of carbonyl (C=O) groups is 1. The summed E-state index contributed by atoms with van der Waals surface area (Å²) in [6, 6.07) is 0.0143. The molecule has 2 rings (SSSR count). The molecule has 76 valence electrons. The summed E-state index contributed by atoms with van der Waals surface area (Å²) in [6.07, 6.45) is 2.62. The van der Waals surface area contributed by atoms with Crippen LogP contribution < -0.4 is 5.32 Å². The number of nitrogens with one attached hydrogen (secondary N) is 1. The quantitative estimate of drug-likeness (QED) is 0.789. The zero-order valence-corrected chi connectivity index (χ0v) is 8.33. The van der Waals surface area contributed by atoms with Gasteiger partial charge in [0, 0.05) is 6.04 Å². The number of carboxylic acids is 1. The molecule has 0 unspecified atom stereocenters. The van der Waals surface area contributed by atoms with Gasteiger partial charge in [-0.1, -0.05) is 17.8 Å². The van der Waals surface area contributed by atoms with Gasteiger partial charge >= 0.3 is 5.97 Å². The SMILES string of the molecule is O=C(O)[C@@H]1CCC[C@@H]1Nc1nncs1. The van der Waals surface area contributed by atoms with E-state index in [-0.39, 0.29) is 12.0 Å². The fourth-order valence-corrected chi connectivity index (χ4v) is 2.33. The van der Waals surface area contributed by atoms with Crippen LogP contribution in [0.1, 0.15) is 19.3 Å². The van der Waals surface area contributed by atoms with E-state index in [2.05, 4.69) is 15.5 Å². The van der Waals surface area contributed by atoms with Crippen molar-refractivity contribution in [3.05, 3.63) is 5.51 Å². The summed E-state index contributed by atoms with van der Waals surface area (Å²) in [4.78, 5) is 10.9. The van der Waals surface area contributed by atoms with Crippen molar-refractivity contribution < 1.29 is 9.90 Å². The van der Waals surface area contributed by atoms with E-state index >= 15 is 0 Å². The summed E-state index contributed by atoms with van der Waals surface area (Å²) in [5.41, 5.74) is 1.63. The van der Waals surface area contributed by atoms with E-state index in [0.717, 1.165) is 19.3 Å². The van der Waals surface area contributed by atoms with E-state index in [9.17, 15) is 4.79 Å². The van der Waals surface area contributed by atoms with Crippen LogP contribution in [0, 0.1) is 5.92 Å². The summed E-state index contributed by atoms with van der Waals surface area (Å²) < 4.78 is 0. The maximum Gasteiger partial charge on any atom is 0.308 e. The molecule has 6 heteroatoms. The number of anilines is 1. The molecule has 0 bridgehead atoms. The summed E-state index contributed by atoms with van der Waals surface area (Å²) >= 11 is 1.40. The van der Waals surface area contributed by atoms with E-state index in [4.69, 9.17) is 5.11 Å². The minimum absolute atomic E-state index is 0.0143. The molecule has 1 fully saturated rings. The number of rotatable bonds is 3. The lowest BCUT2D eigenvalue weighted by molar-refractivity contribution is -0.141. The van der Waals surface area contributed by atoms with Crippen LogP contribution >= 0.6 is 11.3 Å². The highest BCUT2D eigenvalue weighted by Crippen LogP contribution is 2.28. The van der Waals surface area contributed by atoms with Crippen molar-refractivity contribution in [3.63, 3.8) is 0 Å². The normalized spacial score (nSPS) is 26.3. The second-order valence-corrected chi connectivity index (χ2v) is 4.20. The van der Waals surface area contributed by atoms with Crippen molar-refractivity contribution in [1.82, 2.24) is 10.2 Å². The van der Waals surface area contributed by atoms with Gasteiger partial charge in [-0.3, -0.25) is 4.79 Å². The lowest BCUT2D eigenvalue weighted by Gasteiger charge is -2.15. The van der Waals surface area contributed by atoms with Crippen molar-refractivity contribution >= 4 is 22.4 Å². The first-order valence-corrected chi connectivity index (χ1v) is 5.41. The molecule has 1 saturated carbocycles. The van der Waals surface area contributed by atoms with Crippen LogP contribution in [0.3, 0.4) is 0 Å². The molecule has 1 heterocycles. The second kappa shape index (κ2) is 3.91. The maximum absolute atomic E-state index is 10.9. The zero-order valence-electron chi connectivity index (χ0n) is 7.51. The molecule has 0 saturated heterocycles. The predicted octanol–water partition coefficient (Wildman–Crippen LogP) is 1.20. The van der Waals surface area contributed by atoms with E-state index < -0.39 is 5.97 Å². The van der Waals surface area contributed by atoms with Gasteiger partial charge in [0.2, 0.25) is 5.13 Å². The van der Waals surface area contributed by atoms with Crippen LogP contribution in [-0.4, -0.2) is 27.3 Å². The minimum atomic E-state index is -0.718. The Morgan fingerprint density at radius 3 is 3.14 bits per heavy atom. The summed E-state index contributed by atoms with van der Waals surface area (Å²) in [5.74, 6) is -0.997. The molecule has 2 atom stereocenters. The van der Waals surface area contributed by atoms with Gasteiger partial charge in [0.1, 0.15) is 5.51 Å². The van der Waals surface area contributed by atoms with Crippen molar-refractivity contribution in [2.45, 2.75) is 25.3 Å². The van der Waals surface area contributed by atoms with Gasteiger partial charge in [0.05, 0.1) is 5.92 Å². The highest BCUT2D eigenvalue weighted by molar-refractivity contribution is 7.13. The fourth-order valence-electron chi connectivity index (χ4n) is 1.82. The van der Waals surface area contributed by atoms with Gasteiger partial charge in [0.25, 0.3) is 0 Å². The molecule has 2 N–H and O–H groups in total. The third-order valence-corrected chi connectivity index (χ3v) is 3.12. The van der Waals surface area contributed by atoms with Crippen molar-refractivity contribution in [2.24, 2.45) is 5.92 Å². The van der Waals surface area contributed by atoms with Gasteiger partial charge in [-0.05, 0) is 12.8 Å². The number of hydrogen-bond acceptors (Lipinski definition) is 5. The molecule has 1 aliphatic rings. The van der Waals surface area contributed by atoms with Crippen LogP contribution in [0.5, 0.6) is 0 Å². The standard InChI is InChI=1S/C8H11N3O2S/c12-7(13)5-2-1-3-6(5)10-8-11-9-4-14-8/h4-6H,1-3H2,(H,10,11)(H,12,13)/t5-,6+/m1/s1. The molecule has 5 nitrogen and oxygen atoms in total. The minimum Gasteiger partial charge on any atom is -0.481 e. The third kappa shape index (κ3) is 1.84. The average Bonchev–Trinajstić information content (AvgIpc) is 2.75. The Bertz CT molecular complexity index is 314. The Kier molecular flexibility index (Phi) is 2.62. The number of aliphatic carboxylic acids is 1. The summed E-state index contributed by atoms with van der Waals surface area (Å²) in [5, 5.41) is 20.3. The second-order valence-electron chi connectivity index (χ2n) is 3.37. The van der Waals surface area contributed by atoms with E-state index in [1.165, 1.54) is 11.3 Å². The van der Waals surface area contributed by atoms with Crippen LogP contribution in [0.2, 0.25) is 0 Å². The molecule has 14 heavy (non-hydrogen) atoms. The number of carboxylic acid groups (broad SMARTS) is 1. The lowest BCUT2D eigenvalue weighted by atomic mass is 10.0. The van der Waals surface area contributed by atoms with E-state index in [1.807, 2.05) is 0 Å². The van der Waals surface area contributed by atoms with Gasteiger partial charge in [0.15, 0.2) is 0 Å². The number of aromatic nitrogens is 2. The Hall–Kier alpha value is -1.17. The Morgan fingerprint density at radius 2 is 2.50 bits per heavy atom. The smallest absolute Gasteiger partial charge is 0.308 e. The average molecular weight is 213 g/mol. The van der Waals surface area contributed by atoms with Crippen LogP contribution in [0.15, 0.2) is 5.51 Å². The first-order valence-electron chi connectivity index (χ1n) is 4.53. The summed E-state index contributed by atoms with van der Waals surface area (Å²) in [6.45, 7) is 0. The Labute approximate surface area is 85.2 Å². The van der Waals surface area contributed by atoms with Crippen LogP contribution in [-0.2, 0) is 4.79 Å². The van der Waals surface area contributed by atoms with Crippen LogP contribution in [0.4, 0.5) is 5.13 Å². The molecule has 0 amide bonds. The number of hydrogen-bond donors (Lipinski definition) is 2. The first-order chi connectivity index (χ1) is 6.77. The highest BCUT2D eigenvalue weighted by atomic mass is 32.1. The molecule has 0 aliphatic heterocycles. The lowest BCUT2D eigenvalue weighted by Crippen LogP contribution is -2.29. The Morgan fingerprint density at radius 1 is 1.64 bits per heavy atom. The maximum atomic E-state index is 10.9. The monoisotopic (exact) mass is 213 g/mol. The van der Waals surface area contributed by atoms with Crippen molar-refractivity contribution in [2.75, 3.05) is 5.32 Å². The van der Waals surface area contributed by atoms with Crippen molar-refractivity contribution in [3.8, 4) is 0 Å². The van der Waals surface area contributed by atoms with Gasteiger partial charge in [-0.2, -0.15) is 0 Å². The van der Waals surface area contributed by atoms with Gasteiger partial charge < -0.3 is 10.4 Å². The number of nitrogens with zero attached hydrogens (tertiary/aromatic N) is 2. The molecular formula is C8H11N3O2S. The highest BCUT2D eigenvalue weighted by Gasteiger charge is 2.33. The van der Waals surface area contributed by atoms with Gasteiger partial charge in [-0.25, -0.2) is 0 Å². The molecule has 1 aliphatic carbocycles. The first kappa shape index (κ1) is 9.39. The Balaban J connectivity index is 2.00.